The van der Waals surface area contributed by atoms with Gasteiger partial charge in [-0.2, -0.15) is 0 Å². The van der Waals surface area contributed by atoms with E-state index in [1.165, 1.54) is 0 Å². The predicted molar refractivity (Wildman–Crippen MR) is 61.4 cm³/mol. The maximum absolute atomic E-state index is 5.94. The average molecular weight is 230 g/mol. The van der Waals surface area contributed by atoms with Crippen LogP contribution in [0.15, 0.2) is 18.2 Å². The lowest BCUT2D eigenvalue weighted by molar-refractivity contribution is 0.00993. The van der Waals surface area contributed by atoms with E-state index in [0.717, 1.165) is 5.56 Å². The first-order valence-electron chi connectivity index (χ1n) is 4.66. The number of methoxy groups -OCH3 is 2. The normalized spacial score (nSPS) is 14.7. The molecule has 84 valence electrons. The molecule has 0 saturated heterocycles. The molecule has 1 aromatic rings. The van der Waals surface area contributed by atoms with Crippen molar-refractivity contribution in [2.45, 2.75) is 12.5 Å². The van der Waals surface area contributed by atoms with E-state index >= 15 is 0 Å². The Morgan fingerprint density at radius 3 is 2.53 bits per heavy atom. The Morgan fingerprint density at radius 2 is 2.07 bits per heavy atom. The molecule has 0 radical (unpaired) electrons. The zero-order valence-corrected chi connectivity index (χ0v) is 9.97. The van der Waals surface area contributed by atoms with Gasteiger partial charge in [-0.3, -0.25) is 0 Å². The van der Waals surface area contributed by atoms with Crippen molar-refractivity contribution in [3.05, 3.63) is 28.8 Å². The highest BCUT2D eigenvalue weighted by Gasteiger charge is 2.25. The molecule has 0 aliphatic carbocycles. The number of benzene rings is 1. The molecule has 15 heavy (non-hydrogen) atoms. The van der Waals surface area contributed by atoms with Crippen molar-refractivity contribution in [1.82, 2.24) is 0 Å². The first-order chi connectivity index (χ1) is 7.07. The minimum absolute atomic E-state index is 0.397. The average Bonchev–Trinajstić information content (AvgIpc) is 2.28. The Balaban J connectivity index is 3.15. The minimum Gasteiger partial charge on any atom is -0.495 e. The highest BCUT2D eigenvalue weighted by molar-refractivity contribution is 6.32. The van der Waals surface area contributed by atoms with E-state index in [-0.39, 0.29) is 0 Å². The van der Waals surface area contributed by atoms with Gasteiger partial charge in [0.1, 0.15) is 11.4 Å². The van der Waals surface area contributed by atoms with Crippen LogP contribution in [0, 0.1) is 0 Å². The highest BCUT2D eigenvalue weighted by atomic mass is 35.5. The smallest absolute Gasteiger partial charge is 0.137 e. The quantitative estimate of drug-likeness (QED) is 0.861. The summed E-state index contributed by atoms with van der Waals surface area (Å²) in [6.07, 6.45) is 0. The molecular weight excluding hydrogens is 214 g/mol. The molecule has 0 aliphatic rings. The molecule has 3 nitrogen and oxygen atoms in total. The van der Waals surface area contributed by atoms with Gasteiger partial charge in [-0.15, -0.1) is 0 Å². The molecule has 2 N–H and O–H groups in total. The van der Waals surface area contributed by atoms with Gasteiger partial charge in [0.2, 0.25) is 0 Å². The van der Waals surface area contributed by atoms with E-state index in [4.69, 9.17) is 26.8 Å². The van der Waals surface area contributed by atoms with Gasteiger partial charge in [0, 0.05) is 13.7 Å². The number of rotatable bonds is 4. The summed E-state index contributed by atoms with van der Waals surface area (Å²) < 4.78 is 10.5. The third-order valence-electron chi connectivity index (χ3n) is 2.60. The standard InChI is InChI=1S/C11H16ClNO2/c1-11(7-13,15-3)8-4-5-9(12)10(6-8)14-2/h4-6H,7,13H2,1-3H3. The molecule has 1 unspecified atom stereocenters. The van der Waals surface area contributed by atoms with E-state index in [9.17, 15) is 0 Å². The molecule has 1 atom stereocenters. The molecule has 0 heterocycles. The van der Waals surface area contributed by atoms with Gasteiger partial charge in [-0.1, -0.05) is 17.7 Å². The van der Waals surface area contributed by atoms with Gasteiger partial charge in [0.05, 0.1) is 12.1 Å². The van der Waals surface area contributed by atoms with Crippen molar-refractivity contribution < 1.29 is 9.47 Å². The second-order valence-electron chi connectivity index (χ2n) is 3.49. The van der Waals surface area contributed by atoms with Crippen LogP contribution in [0.1, 0.15) is 12.5 Å². The lowest BCUT2D eigenvalue weighted by atomic mass is 9.96. The van der Waals surface area contributed by atoms with E-state index in [1.807, 2.05) is 19.1 Å². The van der Waals surface area contributed by atoms with Crippen LogP contribution in [0.4, 0.5) is 0 Å². The molecule has 0 amide bonds. The number of hydrogen-bond donors (Lipinski definition) is 1. The van der Waals surface area contributed by atoms with E-state index in [0.29, 0.717) is 17.3 Å². The van der Waals surface area contributed by atoms with Gasteiger partial charge in [-0.25, -0.2) is 0 Å². The first-order valence-corrected chi connectivity index (χ1v) is 5.04. The Kier molecular flexibility index (Phi) is 3.97. The molecule has 4 heteroatoms. The largest absolute Gasteiger partial charge is 0.495 e. The molecule has 0 spiro atoms. The summed E-state index contributed by atoms with van der Waals surface area (Å²) >= 11 is 5.94. The first kappa shape index (κ1) is 12.3. The fraction of sp³-hybridized carbons (Fsp3) is 0.455. The summed E-state index contributed by atoms with van der Waals surface area (Å²) in [5, 5.41) is 0.580. The molecule has 1 rings (SSSR count). The van der Waals surface area contributed by atoms with Crippen molar-refractivity contribution >= 4 is 11.6 Å². The molecular formula is C11H16ClNO2. The van der Waals surface area contributed by atoms with Crippen LogP contribution in [0.2, 0.25) is 5.02 Å². The van der Waals surface area contributed by atoms with Crippen molar-refractivity contribution in [2.75, 3.05) is 20.8 Å². The molecule has 0 saturated carbocycles. The van der Waals surface area contributed by atoms with E-state index < -0.39 is 5.60 Å². The third-order valence-corrected chi connectivity index (χ3v) is 2.91. The van der Waals surface area contributed by atoms with Gasteiger partial charge in [0.15, 0.2) is 0 Å². The number of ether oxygens (including phenoxy) is 2. The van der Waals surface area contributed by atoms with Crippen LogP contribution in [0.5, 0.6) is 5.75 Å². The van der Waals surface area contributed by atoms with Crippen molar-refractivity contribution in [1.29, 1.82) is 0 Å². The number of nitrogens with two attached hydrogens (primary N) is 1. The monoisotopic (exact) mass is 229 g/mol. The summed E-state index contributed by atoms with van der Waals surface area (Å²) in [5.41, 5.74) is 6.13. The van der Waals surface area contributed by atoms with Crippen LogP contribution in [-0.2, 0) is 10.3 Å². The third kappa shape index (κ3) is 2.43. The van der Waals surface area contributed by atoms with Crippen LogP contribution in [0.3, 0.4) is 0 Å². The topological polar surface area (TPSA) is 44.5 Å². The zero-order valence-electron chi connectivity index (χ0n) is 9.21. The fourth-order valence-corrected chi connectivity index (χ4v) is 1.50. The van der Waals surface area contributed by atoms with Gasteiger partial charge in [-0.05, 0) is 24.6 Å². The zero-order chi connectivity index (χ0) is 11.5. The summed E-state index contributed by atoms with van der Waals surface area (Å²) in [7, 11) is 3.21. The SMILES string of the molecule is COc1cc(C(C)(CN)OC)ccc1Cl. The van der Waals surface area contributed by atoms with Gasteiger partial charge >= 0.3 is 0 Å². The van der Waals surface area contributed by atoms with E-state index in [2.05, 4.69) is 0 Å². The van der Waals surface area contributed by atoms with Crippen LogP contribution >= 0.6 is 11.6 Å². The maximum atomic E-state index is 5.94. The minimum atomic E-state index is -0.502. The van der Waals surface area contributed by atoms with E-state index in [1.54, 1.807) is 20.3 Å². The van der Waals surface area contributed by atoms with Crippen LogP contribution in [0.25, 0.3) is 0 Å². The second kappa shape index (κ2) is 4.84. The van der Waals surface area contributed by atoms with Crippen molar-refractivity contribution in [3.63, 3.8) is 0 Å². The van der Waals surface area contributed by atoms with Gasteiger partial charge < -0.3 is 15.2 Å². The molecule has 0 aliphatic heterocycles. The molecule has 0 aromatic heterocycles. The second-order valence-corrected chi connectivity index (χ2v) is 3.90. The van der Waals surface area contributed by atoms with Crippen molar-refractivity contribution in [3.8, 4) is 5.75 Å². The Morgan fingerprint density at radius 1 is 1.40 bits per heavy atom. The molecule has 0 fully saturated rings. The fourth-order valence-electron chi connectivity index (χ4n) is 1.31. The van der Waals surface area contributed by atoms with Gasteiger partial charge in [0.25, 0.3) is 0 Å². The Labute approximate surface area is 95.1 Å². The summed E-state index contributed by atoms with van der Waals surface area (Å²) in [6, 6.07) is 5.52. The maximum Gasteiger partial charge on any atom is 0.137 e. The Bertz CT molecular complexity index is 337. The highest BCUT2D eigenvalue weighted by Crippen LogP contribution is 2.31. The molecule has 0 bridgehead atoms. The van der Waals surface area contributed by atoms with Crippen LogP contribution in [-0.4, -0.2) is 20.8 Å². The predicted octanol–water partition coefficient (Wildman–Crippen LogP) is 2.17. The molecule has 1 aromatic carbocycles. The summed E-state index contributed by atoms with van der Waals surface area (Å²) in [4.78, 5) is 0. The lowest BCUT2D eigenvalue weighted by Gasteiger charge is -2.27. The summed E-state index contributed by atoms with van der Waals surface area (Å²) in [6.45, 7) is 2.32. The van der Waals surface area contributed by atoms with Crippen LogP contribution < -0.4 is 10.5 Å². The Hall–Kier alpha value is -0.770. The number of halogens is 1. The van der Waals surface area contributed by atoms with Crippen molar-refractivity contribution in [2.24, 2.45) is 5.73 Å². The lowest BCUT2D eigenvalue weighted by Crippen LogP contribution is -2.33. The summed E-state index contributed by atoms with van der Waals surface area (Å²) in [5.74, 6) is 0.630. The number of hydrogen-bond acceptors (Lipinski definition) is 3.